The topological polar surface area (TPSA) is 75.2 Å². The Bertz CT molecular complexity index is 1030. The average molecular weight is 441 g/mol. The molecule has 0 saturated heterocycles. The maximum Gasteiger partial charge on any atom is 0.282 e. The second-order valence-electron chi connectivity index (χ2n) is 7.97. The number of carbonyl (C=O) groups is 2. The lowest BCUT2D eigenvalue weighted by molar-refractivity contribution is -0.120. The van der Waals surface area contributed by atoms with Crippen molar-refractivity contribution in [2.24, 2.45) is 0 Å². The van der Waals surface area contributed by atoms with Gasteiger partial charge >= 0.3 is 0 Å². The molecule has 0 unspecified atom stereocenters. The van der Waals surface area contributed by atoms with Gasteiger partial charge in [0, 0.05) is 17.4 Å². The van der Waals surface area contributed by atoms with Crippen molar-refractivity contribution in [2.45, 2.75) is 63.6 Å². The molecule has 1 aromatic carbocycles. The number of carbonyl (C=O) groups excluding carboxylic acids is 2. The van der Waals surface area contributed by atoms with Crippen molar-refractivity contribution in [2.75, 3.05) is 4.90 Å². The number of nitrogens with zero attached hydrogens (tertiary/aromatic N) is 3. The van der Waals surface area contributed by atoms with Gasteiger partial charge in [-0.15, -0.1) is 0 Å². The summed E-state index contributed by atoms with van der Waals surface area (Å²) < 4.78 is 14.5. The van der Waals surface area contributed by atoms with Crippen molar-refractivity contribution in [3.63, 3.8) is 0 Å². The standard InChI is InChI=1S/C23H25FN4O2S/c1-14-13-15(2)26-23(25-14)31-20-19(27-16-9-5-3-4-6-10-16)21(29)28(22(20)30)18-12-8-7-11-17(18)24/h7-8,11-13,16,27H,3-6,9-10H2,1-2H3. The predicted molar refractivity (Wildman–Crippen MR) is 118 cm³/mol. The predicted octanol–water partition coefficient (Wildman–Crippen LogP) is 4.42. The van der Waals surface area contributed by atoms with Crippen LogP contribution in [0.25, 0.3) is 0 Å². The van der Waals surface area contributed by atoms with Crippen molar-refractivity contribution < 1.29 is 14.0 Å². The van der Waals surface area contributed by atoms with Crippen molar-refractivity contribution in [3.05, 3.63) is 58.1 Å². The Hall–Kier alpha value is -2.74. The van der Waals surface area contributed by atoms with Crippen LogP contribution >= 0.6 is 11.8 Å². The molecule has 0 atom stereocenters. The van der Waals surface area contributed by atoms with Crippen LogP contribution in [0.2, 0.25) is 0 Å². The third-order valence-electron chi connectivity index (χ3n) is 5.49. The van der Waals surface area contributed by atoms with Gasteiger partial charge in [-0.1, -0.05) is 37.8 Å². The molecule has 1 saturated carbocycles. The first-order valence-corrected chi connectivity index (χ1v) is 11.4. The van der Waals surface area contributed by atoms with Crippen LogP contribution < -0.4 is 10.2 Å². The summed E-state index contributed by atoms with van der Waals surface area (Å²) >= 11 is 1.06. The van der Waals surface area contributed by atoms with Crippen LogP contribution in [-0.4, -0.2) is 27.8 Å². The van der Waals surface area contributed by atoms with Crippen LogP contribution in [0.3, 0.4) is 0 Å². The molecule has 4 rings (SSSR count). The number of amides is 2. The Kier molecular flexibility index (Phi) is 6.36. The molecule has 8 heteroatoms. The van der Waals surface area contributed by atoms with Crippen LogP contribution in [0.4, 0.5) is 10.1 Å². The zero-order valence-corrected chi connectivity index (χ0v) is 18.5. The largest absolute Gasteiger partial charge is 0.377 e. The van der Waals surface area contributed by atoms with E-state index in [1.807, 2.05) is 19.9 Å². The average Bonchev–Trinajstić information content (AvgIpc) is 2.90. The highest BCUT2D eigenvalue weighted by atomic mass is 32.2. The molecule has 2 heterocycles. The third-order valence-corrected chi connectivity index (χ3v) is 6.44. The van der Waals surface area contributed by atoms with Crippen molar-refractivity contribution in [1.82, 2.24) is 15.3 Å². The number of para-hydroxylation sites is 1. The van der Waals surface area contributed by atoms with E-state index in [-0.39, 0.29) is 22.3 Å². The summed E-state index contributed by atoms with van der Waals surface area (Å²) in [6.45, 7) is 3.70. The van der Waals surface area contributed by atoms with Crippen LogP contribution in [-0.2, 0) is 9.59 Å². The Morgan fingerprint density at radius 2 is 1.65 bits per heavy atom. The Morgan fingerprint density at radius 1 is 1.00 bits per heavy atom. The van der Waals surface area contributed by atoms with Crippen LogP contribution in [0.15, 0.2) is 46.1 Å². The minimum atomic E-state index is -0.619. The number of rotatable bonds is 5. The van der Waals surface area contributed by atoms with E-state index in [2.05, 4.69) is 15.3 Å². The SMILES string of the molecule is Cc1cc(C)nc(SC2=C(NC3CCCCCC3)C(=O)N(c3ccccc3F)C2=O)n1. The van der Waals surface area contributed by atoms with E-state index in [9.17, 15) is 14.0 Å². The summed E-state index contributed by atoms with van der Waals surface area (Å²) in [5.74, 6) is -1.71. The first-order valence-electron chi connectivity index (χ1n) is 10.6. The number of aryl methyl sites for hydroxylation is 2. The molecule has 162 valence electrons. The van der Waals surface area contributed by atoms with E-state index in [1.54, 1.807) is 6.07 Å². The Balaban J connectivity index is 1.71. The second-order valence-corrected chi connectivity index (χ2v) is 8.95. The lowest BCUT2D eigenvalue weighted by Crippen LogP contribution is -2.37. The first kappa shape index (κ1) is 21.5. The van der Waals surface area contributed by atoms with Gasteiger partial charge in [-0.25, -0.2) is 19.3 Å². The van der Waals surface area contributed by atoms with Crippen molar-refractivity contribution in [1.29, 1.82) is 0 Å². The molecule has 6 nitrogen and oxygen atoms in total. The van der Waals surface area contributed by atoms with Gasteiger partial charge in [0.25, 0.3) is 11.8 Å². The Labute approximate surface area is 185 Å². The summed E-state index contributed by atoms with van der Waals surface area (Å²) in [5.41, 5.74) is 1.72. The number of hydrogen-bond acceptors (Lipinski definition) is 6. The fourth-order valence-corrected chi connectivity index (χ4v) is 5.03. The van der Waals surface area contributed by atoms with E-state index >= 15 is 0 Å². The number of nitrogens with one attached hydrogen (secondary N) is 1. The maximum atomic E-state index is 14.5. The molecule has 2 amide bonds. The number of anilines is 1. The first-order chi connectivity index (χ1) is 14.9. The number of hydrogen-bond donors (Lipinski definition) is 1. The number of thioether (sulfide) groups is 1. The highest BCUT2D eigenvalue weighted by Crippen LogP contribution is 2.37. The minimum Gasteiger partial charge on any atom is -0.377 e. The van der Waals surface area contributed by atoms with Gasteiger partial charge in [0.1, 0.15) is 16.4 Å². The summed E-state index contributed by atoms with van der Waals surface area (Å²) in [6, 6.07) is 7.76. The molecule has 1 aliphatic heterocycles. The zero-order chi connectivity index (χ0) is 22.0. The maximum absolute atomic E-state index is 14.5. The molecular weight excluding hydrogens is 415 g/mol. The lowest BCUT2D eigenvalue weighted by atomic mass is 10.1. The Morgan fingerprint density at radius 3 is 2.29 bits per heavy atom. The monoisotopic (exact) mass is 440 g/mol. The molecule has 2 aromatic rings. The smallest absolute Gasteiger partial charge is 0.282 e. The number of halogens is 1. The summed E-state index contributed by atoms with van der Waals surface area (Å²) in [4.78, 5) is 36.6. The molecule has 0 radical (unpaired) electrons. The molecule has 1 N–H and O–H groups in total. The number of aromatic nitrogens is 2. The van der Waals surface area contributed by atoms with Crippen molar-refractivity contribution >= 4 is 29.3 Å². The molecule has 31 heavy (non-hydrogen) atoms. The third kappa shape index (κ3) is 4.63. The molecule has 0 spiro atoms. The molecule has 2 aliphatic rings. The highest BCUT2D eigenvalue weighted by Gasteiger charge is 2.42. The van der Waals surface area contributed by atoms with E-state index in [0.717, 1.165) is 53.7 Å². The summed E-state index contributed by atoms with van der Waals surface area (Å²) in [5, 5.41) is 3.72. The van der Waals surface area contributed by atoms with Crippen LogP contribution in [0.1, 0.15) is 49.9 Å². The molecule has 1 aromatic heterocycles. The molecule has 0 bridgehead atoms. The zero-order valence-electron chi connectivity index (χ0n) is 17.7. The van der Waals surface area contributed by atoms with Gasteiger partial charge in [0.15, 0.2) is 5.16 Å². The van der Waals surface area contributed by atoms with Gasteiger partial charge in [-0.3, -0.25) is 9.59 Å². The lowest BCUT2D eigenvalue weighted by Gasteiger charge is -2.19. The van der Waals surface area contributed by atoms with Gasteiger partial charge in [0.2, 0.25) is 0 Å². The van der Waals surface area contributed by atoms with Gasteiger partial charge < -0.3 is 5.32 Å². The van der Waals surface area contributed by atoms with Gasteiger partial charge in [-0.2, -0.15) is 0 Å². The van der Waals surface area contributed by atoms with Crippen LogP contribution in [0, 0.1) is 19.7 Å². The van der Waals surface area contributed by atoms with E-state index < -0.39 is 17.6 Å². The molecule has 1 aliphatic carbocycles. The van der Waals surface area contributed by atoms with E-state index in [0.29, 0.717) is 5.16 Å². The normalized spacial score (nSPS) is 18.0. The van der Waals surface area contributed by atoms with E-state index in [1.165, 1.54) is 31.0 Å². The molecule has 1 fully saturated rings. The second kappa shape index (κ2) is 9.18. The minimum absolute atomic E-state index is 0.0467. The quantitative estimate of drug-likeness (QED) is 0.421. The highest BCUT2D eigenvalue weighted by molar-refractivity contribution is 8.04. The van der Waals surface area contributed by atoms with Gasteiger partial charge in [0.05, 0.1) is 5.69 Å². The van der Waals surface area contributed by atoms with Gasteiger partial charge in [-0.05, 0) is 56.7 Å². The summed E-state index contributed by atoms with van der Waals surface area (Å²) in [6.07, 6.45) is 6.36. The fourth-order valence-electron chi connectivity index (χ4n) is 4.04. The van der Waals surface area contributed by atoms with Crippen molar-refractivity contribution in [3.8, 4) is 0 Å². The number of imide groups is 1. The number of benzene rings is 1. The van der Waals surface area contributed by atoms with Crippen LogP contribution in [0.5, 0.6) is 0 Å². The van der Waals surface area contributed by atoms with E-state index in [4.69, 9.17) is 0 Å². The molecular formula is C23H25FN4O2S. The fraction of sp³-hybridized carbons (Fsp3) is 0.391. The summed E-state index contributed by atoms with van der Waals surface area (Å²) in [7, 11) is 0.